The standard InChI is InChI=1S/C21H28BrN3O3S/c1-13-8-16(10-14-9-15(22)11-23-17(13)14)27-19(29-7)18(26)25-21(5,6)12-24-28-20(2,3)4/h8-12,19H,1-7H3,(H,25,26). The fourth-order valence-corrected chi connectivity index (χ4v) is 3.33. The van der Waals surface area contributed by atoms with E-state index >= 15 is 0 Å². The molecule has 1 unspecified atom stereocenters. The number of nitrogens with zero attached hydrogens (tertiary/aromatic N) is 2. The van der Waals surface area contributed by atoms with Gasteiger partial charge in [-0.15, -0.1) is 11.8 Å². The number of pyridine rings is 1. The summed E-state index contributed by atoms with van der Waals surface area (Å²) in [5.41, 5.74) is 0.106. The molecule has 6 nitrogen and oxygen atoms in total. The number of halogens is 1. The van der Waals surface area contributed by atoms with Gasteiger partial charge in [-0.25, -0.2) is 0 Å². The third-order valence-corrected chi connectivity index (χ3v) is 4.90. The average Bonchev–Trinajstić information content (AvgIpc) is 2.57. The molecule has 0 aliphatic carbocycles. The molecule has 0 radical (unpaired) electrons. The van der Waals surface area contributed by atoms with Crippen LogP contribution in [0.4, 0.5) is 0 Å². The molecule has 2 aromatic rings. The molecule has 29 heavy (non-hydrogen) atoms. The van der Waals surface area contributed by atoms with Crippen LogP contribution in [-0.2, 0) is 9.63 Å². The molecule has 2 rings (SSSR count). The van der Waals surface area contributed by atoms with E-state index in [0.717, 1.165) is 20.9 Å². The molecular weight excluding hydrogens is 454 g/mol. The molecule has 1 amide bonds. The summed E-state index contributed by atoms with van der Waals surface area (Å²) < 4.78 is 6.88. The van der Waals surface area contributed by atoms with Gasteiger partial charge in [-0.3, -0.25) is 9.78 Å². The number of benzene rings is 1. The normalized spacial score (nSPS) is 13.5. The summed E-state index contributed by atoms with van der Waals surface area (Å²) in [6.45, 7) is 11.4. The van der Waals surface area contributed by atoms with Crippen LogP contribution in [0.25, 0.3) is 10.9 Å². The van der Waals surface area contributed by atoms with Crippen molar-refractivity contribution in [3.05, 3.63) is 34.4 Å². The maximum atomic E-state index is 12.8. The van der Waals surface area contributed by atoms with E-state index in [2.05, 4.69) is 31.4 Å². The predicted octanol–water partition coefficient (Wildman–Crippen LogP) is 5.07. The van der Waals surface area contributed by atoms with Crippen molar-refractivity contribution in [3.63, 3.8) is 0 Å². The number of rotatable bonds is 7. The summed E-state index contributed by atoms with van der Waals surface area (Å²) >= 11 is 4.76. The molecule has 8 heteroatoms. The highest BCUT2D eigenvalue weighted by molar-refractivity contribution is 9.10. The van der Waals surface area contributed by atoms with E-state index in [0.29, 0.717) is 5.75 Å². The Morgan fingerprint density at radius 2 is 1.97 bits per heavy atom. The highest BCUT2D eigenvalue weighted by Gasteiger charge is 2.26. The minimum absolute atomic E-state index is 0.241. The second kappa shape index (κ2) is 9.34. The summed E-state index contributed by atoms with van der Waals surface area (Å²) in [5.74, 6) is 0.377. The first-order valence-electron chi connectivity index (χ1n) is 9.20. The SMILES string of the molecule is CSC(Oc1cc(C)c2ncc(Br)cc2c1)C(=O)NC(C)(C)C=NOC(C)(C)C. The lowest BCUT2D eigenvalue weighted by Crippen LogP contribution is -2.49. The first kappa shape index (κ1) is 23.5. The molecule has 1 aromatic heterocycles. The number of aromatic nitrogens is 1. The highest BCUT2D eigenvalue weighted by atomic mass is 79.9. The number of aryl methyl sites for hydroxylation is 1. The zero-order chi connectivity index (χ0) is 21.8. The fourth-order valence-electron chi connectivity index (χ4n) is 2.50. The van der Waals surface area contributed by atoms with E-state index < -0.39 is 11.0 Å². The van der Waals surface area contributed by atoms with Gasteiger partial charge >= 0.3 is 0 Å². The number of thioether (sulfide) groups is 1. The van der Waals surface area contributed by atoms with Crippen molar-refractivity contribution in [2.24, 2.45) is 5.16 Å². The fraction of sp³-hybridized carbons (Fsp3) is 0.476. The lowest BCUT2D eigenvalue weighted by Gasteiger charge is -2.25. The Bertz CT molecular complexity index is 910. The van der Waals surface area contributed by atoms with Gasteiger partial charge in [0.1, 0.15) is 11.4 Å². The van der Waals surface area contributed by atoms with Gasteiger partial charge in [0, 0.05) is 16.1 Å². The van der Waals surface area contributed by atoms with Crippen LogP contribution in [0, 0.1) is 6.92 Å². The van der Waals surface area contributed by atoms with Crippen molar-refractivity contribution >= 4 is 50.7 Å². The van der Waals surface area contributed by atoms with E-state index in [-0.39, 0.29) is 11.5 Å². The molecule has 0 bridgehead atoms. The second-order valence-electron chi connectivity index (χ2n) is 8.30. The van der Waals surface area contributed by atoms with Crippen LogP contribution in [0.3, 0.4) is 0 Å². The molecular formula is C21H28BrN3O3S. The van der Waals surface area contributed by atoms with Crippen LogP contribution < -0.4 is 10.1 Å². The maximum Gasteiger partial charge on any atom is 0.272 e. The van der Waals surface area contributed by atoms with E-state index in [1.54, 1.807) is 12.4 Å². The Kier molecular flexibility index (Phi) is 7.56. The Morgan fingerprint density at radius 1 is 1.28 bits per heavy atom. The molecule has 0 fully saturated rings. The van der Waals surface area contributed by atoms with E-state index in [9.17, 15) is 4.79 Å². The van der Waals surface area contributed by atoms with Gasteiger partial charge in [0.05, 0.1) is 17.3 Å². The quantitative estimate of drug-likeness (QED) is 0.339. The van der Waals surface area contributed by atoms with Crippen molar-refractivity contribution in [1.29, 1.82) is 0 Å². The van der Waals surface area contributed by atoms with Crippen molar-refractivity contribution in [3.8, 4) is 5.75 Å². The van der Waals surface area contributed by atoms with Gasteiger partial charge in [-0.05, 0) is 87.5 Å². The third-order valence-electron chi connectivity index (χ3n) is 3.73. The smallest absolute Gasteiger partial charge is 0.272 e. The van der Waals surface area contributed by atoms with Crippen molar-refractivity contribution in [1.82, 2.24) is 10.3 Å². The molecule has 1 atom stereocenters. The first-order valence-corrected chi connectivity index (χ1v) is 11.3. The highest BCUT2D eigenvalue weighted by Crippen LogP contribution is 2.27. The number of carbonyl (C=O) groups is 1. The molecule has 0 spiro atoms. The van der Waals surface area contributed by atoms with Gasteiger partial charge in [-0.1, -0.05) is 5.16 Å². The lowest BCUT2D eigenvalue weighted by molar-refractivity contribution is -0.125. The minimum Gasteiger partial charge on any atom is -0.470 e. The van der Waals surface area contributed by atoms with E-state index in [4.69, 9.17) is 9.57 Å². The van der Waals surface area contributed by atoms with Crippen molar-refractivity contribution in [2.75, 3.05) is 6.26 Å². The van der Waals surface area contributed by atoms with E-state index in [1.807, 2.05) is 66.0 Å². The lowest BCUT2D eigenvalue weighted by atomic mass is 10.1. The Morgan fingerprint density at radius 3 is 2.59 bits per heavy atom. The zero-order valence-corrected chi connectivity index (χ0v) is 20.3. The first-order chi connectivity index (χ1) is 13.4. The Balaban J connectivity index is 2.13. The average molecular weight is 482 g/mol. The molecule has 1 aromatic carbocycles. The van der Waals surface area contributed by atoms with Crippen molar-refractivity contribution in [2.45, 2.75) is 58.1 Å². The number of nitrogens with one attached hydrogen (secondary N) is 1. The molecule has 0 aliphatic rings. The Labute approximate surface area is 184 Å². The van der Waals surface area contributed by atoms with Gasteiger partial charge < -0.3 is 14.9 Å². The van der Waals surface area contributed by atoms with Crippen LogP contribution >= 0.6 is 27.7 Å². The largest absolute Gasteiger partial charge is 0.470 e. The molecule has 1 heterocycles. The van der Waals surface area contributed by atoms with Crippen LogP contribution in [0.5, 0.6) is 5.75 Å². The van der Waals surface area contributed by atoms with Crippen LogP contribution in [0.1, 0.15) is 40.2 Å². The summed E-state index contributed by atoms with van der Waals surface area (Å²) in [5, 5.41) is 7.88. The maximum absolute atomic E-state index is 12.8. The number of ether oxygens (including phenoxy) is 1. The number of hydrogen-bond donors (Lipinski definition) is 1. The van der Waals surface area contributed by atoms with Crippen LogP contribution in [-0.4, -0.2) is 39.9 Å². The second-order valence-corrected chi connectivity index (χ2v) is 10.1. The van der Waals surface area contributed by atoms with Gasteiger partial charge in [0.2, 0.25) is 5.44 Å². The van der Waals surface area contributed by atoms with Crippen molar-refractivity contribution < 1.29 is 14.4 Å². The minimum atomic E-state index is -0.705. The molecule has 0 saturated heterocycles. The number of amides is 1. The molecule has 1 N–H and O–H groups in total. The molecule has 158 valence electrons. The predicted molar refractivity (Wildman–Crippen MR) is 124 cm³/mol. The number of carbonyl (C=O) groups excluding carboxylic acids is 1. The number of hydrogen-bond acceptors (Lipinski definition) is 6. The number of fused-ring (bicyclic) bond motifs is 1. The van der Waals surface area contributed by atoms with Crippen LogP contribution in [0.2, 0.25) is 0 Å². The zero-order valence-electron chi connectivity index (χ0n) is 17.9. The van der Waals surface area contributed by atoms with Crippen LogP contribution in [0.15, 0.2) is 34.0 Å². The summed E-state index contributed by atoms with van der Waals surface area (Å²) in [7, 11) is 0. The topological polar surface area (TPSA) is 72.8 Å². The molecule has 0 saturated carbocycles. The number of oxime groups is 1. The summed E-state index contributed by atoms with van der Waals surface area (Å²) in [6, 6.07) is 5.76. The Hall–Kier alpha value is -1.80. The van der Waals surface area contributed by atoms with Gasteiger partial charge in [0.25, 0.3) is 5.91 Å². The van der Waals surface area contributed by atoms with Gasteiger partial charge in [0.15, 0.2) is 0 Å². The third kappa shape index (κ3) is 7.19. The summed E-state index contributed by atoms with van der Waals surface area (Å²) in [6.07, 6.45) is 5.18. The monoisotopic (exact) mass is 481 g/mol. The summed E-state index contributed by atoms with van der Waals surface area (Å²) in [4.78, 5) is 22.6. The van der Waals surface area contributed by atoms with E-state index in [1.165, 1.54) is 11.8 Å². The molecule has 0 aliphatic heterocycles. The van der Waals surface area contributed by atoms with Gasteiger partial charge in [-0.2, -0.15) is 0 Å².